The molecule has 0 bridgehead atoms. The van der Waals surface area contributed by atoms with Gasteiger partial charge in [0, 0.05) is 35.4 Å². The van der Waals surface area contributed by atoms with Gasteiger partial charge in [-0.25, -0.2) is 4.68 Å². The molecular formula is C64H71N5O10. The highest BCUT2D eigenvalue weighted by atomic mass is 16.6. The van der Waals surface area contributed by atoms with E-state index in [9.17, 15) is 0 Å². The van der Waals surface area contributed by atoms with Crippen LogP contribution in [0.1, 0.15) is 42.5 Å². The van der Waals surface area contributed by atoms with E-state index in [0.717, 1.165) is 95.4 Å². The van der Waals surface area contributed by atoms with Crippen LogP contribution in [0.3, 0.4) is 0 Å². The predicted octanol–water partition coefficient (Wildman–Crippen LogP) is 12.4. The summed E-state index contributed by atoms with van der Waals surface area (Å²) in [7, 11) is 0. The molecule has 1 aromatic heterocycles. The predicted molar refractivity (Wildman–Crippen MR) is 306 cm³/mol. The van der Waals surface area contributed by atoms with Crippen LogP contribution in [0.25, 0.3) is 5.69 Å². The highest BCUT2D eigenvalue weighted by molar-refractivity contribution is 5.77. The van der Waals surface area contributed by atoms with E-state index in [4.69, 9.17) is 47.4 Å². The molecule has 0 amide bonds. The van der Waals surface area contributed by atoms with E-state index in [-0.39, 0.29) is 0 Å². The number of fused-ring (bicyclic) bond motifs is 2. The van der Waals surface area contributed by atoms with E-state index in [1.54, 1.807) is 0 Å². The Balaban J connectivity index is 0.724. The fourth-order valence-electron chi connectivity index (χ4n) is 8.65. The van der Waals surface area contributed by atoms with Crippen molar-refractivity contribution in [2.24, 2.45) is 0 Å². The second kappa shape index (κ2) is 31.4. The lowest BCUT2D eigenvalue weighted by Crippen LogP contribution is -2.15. The number of ether oxygens (including phenoxy) is 10. The van der Waals surface area contributed by atoms with Crippen LogP contribution in [0.2, 0.25) is 0 Å². The Morgan fingerprint density at radius 3 is 1.39 bits per heavy atom. The summed E-state index contributed by atoms with van der Waals surface area (Å²) < 4.78 is 61.1. The number of hydrogen-bond donors (Lipinski definition) is 1. The van der Waals surface area contributed by atoms with Crippen molar-refractivity contribution < 1.29 is 47.4 Å². The van der Waals surface area contributed by atoms with Crippen LogP contribution in [0.4, 0.5) is 22.7 Å². The zero-order valence-corrected chi connectivity index (χ0v) is 44.8. The van der Waals surface area contributed by atoms with Crippen molar-refractivity contribution in [3.63, 3.8) is 0 Å². The first-order chi connectivity index (χ1) is 39.2. The van der Waals surface area contributed by atoms with Gasteiger partial charge in [-0.15, -0.1) is 5.10 Å². The van der Waals surface area contributed by atoms with Crippen LogP contribution in [0.5, 0.6) is 34.5 Å². The van der Waals surface area contributed by atoms with Crippen molar-refractivity contribution >= 4 is 22.7 Å². The van der Waals surface area contributed by atoms with Gasteiger partial charge in [0.2, 0.25) is 0 Å². The first-order valence-electron chi connectivity index (χ1n) is 27.3. The molecule has 0 spiro atoms. The van der Waals surface area contributed by atoms with E-state index < -0.39 is 0 Å². The lowest BCUT2D eigenvalue weighted by atomic mass is 10.1. The number of nitrogens with zero attached hydrogens (tertiary/aromatic N) is 4. The molecule has 9 rings (SSSR count). The summed E-state index contributed by atoms with van der Waals surface area (Å²) in [5.74, 6) is 4.23. The van der Waals surface area contributed by atoms with Gasteiger partial charge < -0.3 is 57.6 Å². The number of unbranched alkanes of at least 4 members (excludes halogenated alkanes) is 3. The molecular weight excluding hydrogens is 999 g/mol. The summed E-state index contributed by atoms with van der Waals surface area (Å²) in [4.78, 5) is 2.22. The Hall–Kier alpha value is -8.08. The molecule has 0 saturated heterocycles. The molecule has 15 heteroatoms. The van der Waals surface area contributed by atoms with Gasteiger partial charge in [-0.3, -0.25) is 0 Å². The van der Waals surface area contributed by atoms with Gasteiger partial charge in [-0.1, -0.05) is 90.9 Å². The summed E-state index contributed by atoms with van der Waals surface area (Å²) in [6.07, 6.45) is 7.09. The number of benzene rings is 7. The van der Waals surface area contributed by atoms with Gasteiger partial charge in [-0.05, 0) is 127 Å². The van der Waals surface area contributed by atoms with Crippen molar-refractivity contribution in [2.75, 3.05) is 96.0 Å². The quantitative estimate of drug-likeness (QED) is 0.0816. The van der Waals surface area contributed by atoms with Crippen molar-refractivity contribution in [2.45, 2.75) is 45.3 Å². The van der Waals surface area contributed by atoms with E-state index in [1.165, 1.54) is 0 Å². The monoisotopic (exact) mass is 1070 g/mol. The Kier molecular flexibility index (Phi) is 22.1. The fourth-order valence-corrected chi connectivity index (χ4v) is 8.65. The molecule has 412 valence electrons. The van der Waals surface area contributed by atoms with E-state index in [2.05, 4.69) is 93.3 Å². The number of rotatable bonds is 18. The van der Waals surface area contributed by atoms with Crippen LogP contribution in [0.15, 0.2) is 182 Å². The summed E-state index contributed by atoms with van der Waals surface area (Å²) in [5, 5.41) is 12.6. The molecule has 1 N–H and O–H groups in total. The molecule has 2 heterocycles. The van der Waals surface area contributed by atoms with Crippen molar-refractivity contribution in [1.82, 2.24) is 15.0 Å². The fraction of sp³-hybridized carbons (Fsp3) is 0.312. The minimum atomic E-state index is 0.359. The minimum Gasteiger partial charge on any atom is -0.489 e. The zero-order valence-electron chi connectivity index (χ0n) is 44.8. The van der Waals surface area contributed by atoms with Gasteiger partial charge >= 0.3 is 0 Å². The molecule has 0 saturated carbocycles. The molecule has 0 aliphatic carbocycles. The van der Waals surface area contributed by atoms with Crippen LogP contribution in [-0.4, -0.2) is 101 Å². The Labute approximate surface area is 463 Å². The maximum Gasteiger partial charge on any atom is 0.163 e. The number of hydrogen-bond acceptors (Lipinski definition) is 14. The summed E-state index contributed by atoms with van der Waals surface area (Å²) >= 11 is 0. The van der Waals surface area contributed by atoms with Crippen LogP contribution >= 0.6 is 0 Å². The van der Waals surface area contributed by atoms with Gasteiger partial charge in [0.1, 0.15) is 51.1 Å². The van der Waals surface area contributed by atoms with Crippen molar-refractivity contribution in [1.29, 1.82) is 0 Å². The standard InChI is InChI=1S/C64H71N5O10/c1(2-12-34-65-53-20-33-63-64(47-53)77-46-42-73-38-37-71-40-44-75-62-19-11-10-18-61(62)74-43-39-70-35-36-72-41-45-76-63)9-17-54-48-68(67-66-54)55-21-23-56(24-22-55)69(57-25-29-59(30-26-57)78-49-51-13-5-3-6-14-51)58-27-31-60(32-28-58)79-50-52-15-7-4-8-16-52/h3-8,10-11,13-16,18-33,47-48,65H,1-2,9,12,17,34-46,49-50H2. The molecule has 8 aromatic rings. The number of aryl methyl sites for hydroxylation is 1. The maximum atomic E-state index is 6.17. The highest BCUT2D eigenvalue weighted by Gasteiger charge is 2.15. The summed E-state index contributed by atoms with van der Waals surface area (Å²) in [6, 6.07) is 58.7. The normalized spacial score (nSPS) is 14.1. The second-order valence-corrected chi connectivity index (χ2v) is 18.6. The molecule has 0 fully saturated rings. The van der Waals surface area contributed by atoms with Crippen LogP contribution < -0.4 is 38.6 Å². The first-order valence-corrected chi connectivity index (χ1v) is 27.3. The Morgan fingerprint density at radius 1 is 0.430 bits per heavy atom. The zero-order chi connectivity index (χ0) is 53.8. The van der Waals surface area contributed by atoms with E-state index in [0.29, 0.717) is 115 Å². The highest BCUT2D eigenvalue weighted by Crippen LogP contribution is 2.37. The topological polar surface area (TPSA) is 138 Å². The number of aromatic nitrogens is 3. The van der Waals surface area contributed by atoms with Crippen molar-refractivity contribution in [3.05, 3.63) is 199 Å². The lowest BCUT2D eigenvalue weighted by Gasteiger charge is -2.26. The molecule has 0 unspecified atom stereocenters. The SMILES string of the molecule is c1ccc(COc2ccc(N(c3ccc(OCc4ccccc4)cc3)c3ccc(-n4cc(CCCCCCNc5ccc6c(c5)OCCOCCOCCOc5ccccc5OCCOCCOCCO6)nn4)cc3)cc2)cc1. The van der Waals surface area contributed by atoms with Gasteiger partial charge in [0.25, 0.3) is 0 Å². The molecule has 0 radical (unpaired) electrons. The third-order valence-corrected chi connectivity index (χ3v) is 12.8. The molecule has 1 aliphatic heterocycles. The average Bonchev–Trinajstić information content (AvgIpc) is 4.01. The van der Waals surface area contributed by atoms with E-state index >= 15 is 0 Å². The van der Waals surface area contributed by atoms with Gasteiger partial charge in [0.15, 0.2) is 23.0 Å². The van der Waals surface area contributed by atoms with Crippen LogP contribution in [-0.2, 0) is 38.6 Å². The Bertz CT molecular complexity index is 2880. The number of para-hydroxylation sites is 2. The molecule has 1 aliphatic rings. The Morgan fingerprint density at radius 2 is 0.873 bits per heavy atom. The number of anilines is 4. The molecule has 79 heavy (non-hydrogen) atoms. The summed E-state index contributed by atoms with van der Waals surface area (Å²) in [5.41, 5.74) is 8.09. The van der Waals surface area contributed by atoms with Gasteiger partial charge in [0.05, 0.1) is 70.4 Å². The molecule has 7 aromatic carbocycles. The van der Waals surface area contributed by atoms with Gasteiger partial charge in [-0.2, -0.15) is 0 Å². The second-order valence-electron chi connectivity index (χ2n) is 18.6. The van der Waals surface area contributed by atoms with Crippen molar-refractivity contribution in [3.8, 4) is 40.2 Å². The summed E-state index contributed by atoms with van der Waals surface area (Å²) in [6.45, 7) is 6.79. The molecule has 0 atom stereocenters. The largest absolute Gasteiger partial charge is 0.489 e. The smallest absolute Gasteiger partial charge is 0.163 e. The van der Waals surface area contributed by atoms with Crippen LogP contribution in [0, 0.1) is 0 Å². The molecule has 15 nitrogen and oxygen atoms in total. The average molecular weight is 1070 g/mol. The lowest BCUT2D eigenvalue weighted by molar-refractivity contribution is 0.0223. The maximum absolute atomic E-state index is 6.17. The van der Waals surface area contributed by atoms with E-state index in [1.807, 2.05) is 114 Å². The third-order valence-electron chi connectivity index (χ3n) is 12.8. The first kappa shape index (κ1) is 55.7. The number of nitrogens with one attached hydrogen (secondary N) is 1. The minimum absolute atomic E-state index is 0.359. The third kappa shape index (κ3) is 18.3.